The number of likely N-dealkylation sites (N-methyl/N-ethyl adjacent to an activating group) is 1. The number of carbonyl (C=O) groups excluding carboxylic acids is 3. The fourth-order valence-corrected chi connectivity index (χ4v) is 2.34. The van der Waals surface area contributed by atoms with Crippen LogP contribution in [0.3, 0.4) is 0 Å². The third-order valence-electron chi connectivity index (χ3n) is 3.62. The Kier molecular flexibility index (Phi) is 5.00. The van der Waals surface area contributed by atoms with Crippen molar-refractivity contribution >= 4 is 23.5 Å². The van der Waals surface area contributed by atoms with E-state index in [9.17, 15) is 14.4 Å². The number of carbonyl (C=O) groups is 3. The molecule has 0 aromatic heterocycles. The predicted octanol–water partition coefficient (Wildman–Crippen LogP) is 0.887. The lowest BCUT2D eigenvalue weighted by Gasteiger charge is -2.20. The zero-order valence-corrected chi connectivity index (χ0v) is 13.6. The minimum absolute atomic E-state index is 0.142. The predicted molar refractivity (Wildman–Crippen MR) is 86.9 cm³/mol. The first kappa shape index (κ1) is 17.0. The van der Waals surface area contributed by atoms with Crippen molar-refractivity contribution in [1.82, 2.24) is 15.1 Å². The molecular weight excluding hydrogens is 296 g/mol. The number of para-hydroxylation sites is 1. The number of hydrogen-bond donors (Lipinski definition) is 2. The molecule has 124 valence electrons. The molecule has 0 atom stereocenters. The number of amides is 4. The van der Waals surface area contributed by atoms with Crippen molar-refractivity contribution < 1.29 is 14.4 Å². The summed E-state index contributed by atoms with van der Waals surface area (Å²) in [6.45, 7) is 4.21. The van der Waals surface area contributed by atoms with Crippen molar-refractivity contribution in [2.45, 2.75) is 19.4 Å². The van der Waals surface area contributed by atoms with Crippen LogP contribution in [0.5, 0.6) is 0 Å². The van der Waals surface area contributed by atoms with Gasteiger partial charge in [0.2, 0.25) is 5.91 Å². The highest BCUT2D eigenvalue weighted by Gasteiger charge is 2.43. The third kappa shape index (κ3) is 4.29. The number of anilines is 1. The van der Waals surface area contributed by atoms with Crippen LogP contribution in [-0.4, -0.2) is 59.9 Å². The molecule has 1 aromatic carbocycles. The zero-order chi connectivity index (χ0) is 17.0. The number of urea groups is 1. The highest BCUT2D eigenvalue weighted by Crippen LogP contribution is 2.16. The molecule has 0 aliphatic carbocycles. The molecule has 1 heterocycles. The van der Waals surface area contributed by atoms with Crippen LogP contribution in [-0.2, 0) is 9.59 Å². The van der Waals surface area contributed by atoms with Crippen LogP contribution in [0.1, 0.15) is 13.8 Å². The van der Waals surface area contributed by atoms with Crippen molar-refractivity contribution in [3.05, 3.63) is 30.3 Å². The Morgan fingerprint density at radius 1 is 1.26 bits per heavy atom. The van der Waals surface area contributed by atoms with Gasteiger partial charge in [0.05, 0.1) is 6.54 Å². The van der Waals surface area contributed by atoms with Crippen molar-refractivity contribution in [2.75, 3.05) is 32.0 Å². The van der Waals surface area contributed by atoms with Gasteiger partial charge >= 0.3 is 6.03 Å². The van der Waals surface area contributed by atoms with Gasteiger partial charge in [-0.05, 0) is 33.0 Å². The second-order valence-electron chi connectivity index (χ2n) is 6.16. The molecule has 1 aliphatic heterocycles. The number of nitrogens with zero attached hydrogens (tertiary/aromatic N) is 2. The molecule has 1 fully saturated rings. The van der Waals surface area contributed by atoms with Crippen LogP contribution >= 0.6 is 0 Å². The van der Waals surface area contributed by atoms with E-state index in [1.54, 1.807) is 25.8 Å². The van der Waals surface area contributed by atoms with E-state index in [0.717, 1.165) is 5.69 Å². The number of rotatable bonds is 6. The summed E-state index contributed by atoms with van der Waals surface area (Å²) in [7, 11) is 1.77. The monoisotopic (exact) mass is 318 g/mol. The van der Waals surface area contributed by atoms with Gasteiger partial charge in [-0.1, -0.05) is 18.2 Å². The first-order valence-electron chi connectivity index (χ1n) is 7.47. The van der Waals surface area contributed by atoms with Gasteiger partial charge in [-0.15, -0.1) is 0 Å². The number of hydrogen-bond acceptors (Lipinski definition) is 4. The second-order valence-corrected chi connectivity index (χ2v) is 6.16. The summed E-state index contributed by atoms with van der Waals surface area (Å²) < 4.78 is 0. The van der Waals surface area contributed by atoms with Crippen molar-refractivity contribution in [3.63, 3.8) is 0 Å². The van der Waals surface area contributed by atoms with E-state index in [4.69, 9.17) is 0 Å². The minimum atomic E-state index is -0.861. The fraction of sp³-hybridized carbons (Fsp3) is 0.438. The smallest absolute Gasteiger partial charge is 0.325 e. The number of imide groups is 1. The van der Waals surface area contributed by atoms with E-state index >= 15 is 0 Å². The Bertz CT molecular complexity index is 601. The van der Waals surface area contributed by atoms with Crippen LogP contribution in [0.15, 0.2) is 30.3 Å². The first-order chi connectivity index (χ1) is 10.8. The standard InChI is InChI=1S/C16H22N4O3/c1-16(2)14(22)20(15(23)18-16)10-9-19(3)11-13(21)17-12-7-5-4-6-8-12/h4-8H,9-11H2,1-3H3,(H,17,21)(H,18,23). The topological polar surface area (TPSA) is 81.8 Å². The third-order valence-corrected chi connectivity index (χ3v) is 3.62. The lowest BCUT2D eigenvalue weighted by atomic mass is 10.1. The second kappa shape index (κ2) is 6.78. The maximum atomic E-state index is 12.1. The SMILES string of the molecule is CN(CCN1C(=O)NC(C)(C)C1=O)CC(=O)Nc1ccccc1. The van der Waals surface area contributed by atoms with Gasteiger partial charge < -0.3 is 10.6 Å². The van der Waals surface area contributed by atoms with Crippen LogP contribution in [0.4, 0.5) is 10.5 Å². The maximum Gasteiger partial charge on any atom is 0.325 e. The molecule has 1 saturated heterocycles. The molecule has 7 heteroatoms. The molecular formula is C16H22N4O3. The molecule has 2 rings (SSSR count). The minimum Gasteiger partial charge on any atom is -0.325 e. The largest absolute Gasteiger partial charge is 0.325 e. The Morgan fingerprint density at radius 3 is 2.48 bits per heavy atom. The summed E-state index contributed by atoms with van der Waals surface area (Å²) in [5.41, 5.74) is -0.123. The average molecular weight is 318 g/mol. The lowest BCUT2D eigenvalue weighted by molar-refractivity contribution is -0.130. The average Bonchev–Trinajstić information content (AvgIpc) is 2.66. The maximum absolute atomic E-state index is 12.1. The molecule has 2 N–H and O–H groups in total. The van der Waals surface area contributed by atoms with Crippen molar-refractivity contribution in [2.24, 2.45) is 0 Å². The molecule has 0 radical (unpaired) electrons. The number of benzene rings is 1. The number of nitrogens with one attached hydrogen (secondary N) is 2. The molecule has 0 bridgehead atoms. The van der Waals surface area contributed by atoms with Crippen LogP contribution in [0, 0.1) is 0 Å². The van der Waals surface area contributed by atoms with Gasteiger partial charge in [0.15, 0.2) is 0 Å². The van der Waals surface area contributed by atoms with E-state index < -0.39 is 5.54 Å². The highest BCUT2D eigenvalue weighted by molar-refractivity contribution is 6.06. The van der Waals surface area contributed by atoms with Crippen LogP contribution < -0.4 is 10.6 Å². The van der Waals surface area contributed by atoms with Crippen molar-refractivity contribution in [3.8, 4) is 0 Å². The molecule has 0 spiro atoms. The Balaban J connectivity index is 1.79. The summed E-state index contributed by atoms with van der Waals surface area (Å²) in [4.78, 5) is 38.7. The highest BCUT2D eigenvalue weighted by atomic mass is 16.2. The van der Waals surface area contributed by atoms with Crippen molar-refractivity contribution in [1.29, 1.82) is 0 Å². The van der Waals surface area contributed by atoms with Gasteiger partial charge in [0, 0.05) is 18.8 Å². The molecule has 0 unspecified atom stereocenters. The molecule has 0 saturated carbocycles. The summed E-state index contributed by atoms with van der Waals surface area (Å²) in [6.07, 6.45) is 0. The first-order valence-corrected chi connectivity index (χ1v) is 7.47. The van der Waals surface area contributed by atoms with Gasteiger partial charge in [-0.2, -0.15) is 0 Å². The van der Waals surface area contributed by atoms with Crippen LogP contribution in [0.25, 0.3) is 0 Å². The van der Waals surface area contributed by atoms with E-state index in [-0.39, 0.29) is 30.9 Å². The summed E-state index contributed by atoms with van der Waals surface area (Å²) in [5, 5.41) is 5.42. The Hall–Kier alpha value is -2.41. The van der Waals surface area contributed by atoms with E-state index in [0.29, 0.717) is 6.54 Å². The molecule has 4 amide bonds. The summed E-state index contributed by atoms with van der Waals surface area (Å²) in [6, 6.07) is 8.81. The van der Waals surface area contributed by atoms with E-state index in [1.165, 1.54) is 4.90 Å². The summed E-state index contributed by atoms with van der Waals surface area (Å²) >= 11 is 0. The fourth-order valence-electron chi connectivity index (χ4n) is 2.34. The molecule has 1 aliphatic rings. The Labute approximate surface area is 135 Å². The quantitative estimate of drug-likeness (QED) is 0.763. The molecule has 7 nitrogen and oxygen atoms in total. The van der Waals surface area contributed by atoms with E-state index in [2.05, 4.69) is 10.6 Å². The summed E-state index contributed by atoms with van der Waals surface area (Å²) in [5.74, 6) is -0.388. The zero-order valence-electron chi connectivity index (χ0n) is 13.6. The molecule has 1 aromatic rings. The molecule has 23 heavy (non-hydrogen) atoms. The van der Waals surface area contributed by atoms with E-state index in [1.807, 2.05) is 30.3 Å². The Morgan fingerprint density at radius 2 is 1.91 bits per heavy atom. The van der Waals surface area contributed by atoms with Gasteiger partial charge in [0.1, 0.15) is 5.54 Å². The normalized spacial score (nSPS) is 16.6. The van der Waals surface area contributed by atoms with Gasteiger partial charge in [0.25, 0.3) is 5.91 Å². The van der Waals surface area contributed by atoms with Gasteiger partial charge in [-0.3, -0.25) is 19.4 Å². The van der Waals surface area contributed by atoms with Gasteiger partial charge in [-0.25, -0.2) is 4.79 Å². The lowest BCUT2D eigenvalue weighted by Crippen LogP contribution is -2.42. The van der Waals surface area contributed by atoms with Crippen LogP contribution in [0.2, 0.25) is 0 Å².